The van der Waals surface area contributed by atoms with Crippen LogP contribution >= 0.6 is 15.9 Å². The number of benzene rings is 2. The molecule has 0 unspecified atom stereocenters. The Morgan fingerprint density at radius 3 is 2.19 bits per heavy atom. The standard InChI is InChI=1S/C13H12BrNO/c14-11-3-1-10(2-4-11)9-16-13-7-5-12(15)6-8-13/h1-8H,9,15H2. The van der Waals surface area contributed by atoms with Crippen molar-refractivity contribution in [1.29, 1.82) is 0 Å². The average molecular weight is 278 g/mol. The minimum absolute atomic E-state index is 0.567. The van der Waals surface area contributed by atoms with Gasteiger partial charge < -0.3 is 10.5 Å². The third-order valence-electron chi connectivity index (χ3n) is 2.20. The molecule has 0 aromatic heterocycles. The molecule has 0 saturated carbocycles. The van der Waals surface area contributed by atoms with Crippen molar-refractivity contribution in [1.82, 2.24) is 0 Å². The van der Waals surface area contributed by atoms with Crippen molar-refractivity contribution < 1.29 is 4.74 Å². The lowest BCUT2D eigenvalue weighted by Crippen LogP contribution is -1.95. The zero-order chi connectivity index (χ0) is 11.4. The van der Waals surface area contributed by atoms with Gasteiger partial charge in [0.15, 0.2) is 0 Å². The number of hydrogen-bond donors (Lipinski definition) is 1. The maximum absolute atomic E-state index is 5.62. The first-order chi connectivity index (χ1) is 7.74. The van der Waals surface area contributed by atoms with Crippen molar-refractivity contribution >= 4 is 21.6 Å². The molecule has 0 aliphatic heterocycles. The van der Waals surface area contributed by atoms with E-state index in [1.165, 1.54) is 0 Å². The van der Waals surface area contributed by atoms with Crippen molar-refractivity contribution in [2.45, 2.75) is 6.61 Å². The van der Waals surface area contributed by atoms with Crippen LogP contribution < -0.4 is 10.5 Å². The van der Waals surface area contributed by atoms with Gasteiger partial charge in [-0.15, -0.1) is 0 Å². The third-order valence-corrected chi connectivity index (χ3v) is 2.73. The van der Waals surface area contributed by atoms with E-state index in [2.05, 4.69) is 15.9 Å². The summed E-state index contributed by atoms with van der Waals surface area (Å²) < 4.78 is 6.69. The highest BCUT2D eigenvalue weighted by Crippen LogP contribution is 2.16. The second-order valence-corrected chi connectivity index (χ2v) is 4.40. The number of hydrogen-bond acceptors (Lipinski definition) is 2. The maximum atomic E-state index is 5.62. The smallest absolute Gasteiger partial charge is 0.119 e. The van der Waals surface area contributed by atoms with E-state index in [4.69, 9.17) is 10.5 Å². The average Bonchev–Trinajstić information content (AvgIpc) is 2.30. The minimum atomic E-state index is 0.567. The molecule has 0 fully saturated rings. The SMILES string of the molecule is Nc1ccc(OCc2ccc(Br)cc2)cc1. The van der Waals surface area contributed by atoms with Crippen LogP contribution in [0.4, 0.5) is 5.69 Å². The first-order valence-electron chi connectivity index (χ1n) is 4.97. The first-order valence-corrected chi connectivity index (χ1v) is 5.76. The van der Waals surface area contributed by atoms with Crippen LogP contribution in [0.5, 0.6) is 5.75 Å². The summed E-state index contributed by atoms with van der Waals surface area (Å²) in [6.45, 7) is 0.567. The number of nitrogen functional groups attached to an aromatic ring is 1. The molecule has 0 heterocycles. The van der Waals surface area contributed by atoms with Crippen molar-refractivity contribution in [3.05, 3.63) is 58.6 Å². The van der Waals surface area contributed by atoms with E-state index in [0.29, 0.717) is 6.61 Å². The molecule has 0 amide bonds. The quantitative estimate of drug-likeness (QED) is 0.870. The Morgan fingerprint density at radius 2 is 1.56 bits per heavy atom. The molecule has 2 N–H and O–H groups in total. The summed E-state index contributed by atoms with van der Waals surface area (Å²) in [5.74, 6) is 0.831. The first kappa shape index (κ1) is 11.0. The Balaban J connectivity index is 1.97. The van der Waals surface area contributed by atoms with Crippen LogP contribution in [0.1, 0.15) is 5.56 Å². The van der Waals surface area contributed by atoms with Gasteiger partial charge in [-0.2, -0.15) is 0 Å². The van der Waals surface area contributed by atoms with Gasteiger partial charge in [0.05, 0.1) is 0 Å². The summed E-state index contributed by atoms with van der Waals surface area (Å²) in [5.41, 5.74) is 7.48. The summed E-state index contributed by atoms with van der Waals surface area (Å²) in [4.78, 5) is 0. The van der Waals surface area contributed by atoms with E-state index in [1.54, 1.807) is 0 Å². The number of halogens is 1. The molecule has 0 atom stereocenters. The van der Waals surface area contributed by atoms with E-state index in [1.807, 2.05) is 48.5 Å². The van der Waals surface area contributed by atoms with Gasteiger partial charge in [-0.3, -0.25) is 0 Å². The Hall–Kier alpha value is -1.48. The van der Waals surface area contributed by atoms with Crippen molar-refractivity contribution in [3.8, 4) is 5.75 Å². The van der Waals surface area contributed by atoms with Crippen LogP contribution in [0.3, 0.4) is 0 Å². The molecule has 0 radical (unpaired) electrons. The molecular formula is C13H12BrNO. The number of anilines is 1. The topological polar surface area (TPSA) is 35.2 Å². The molecule has 82 valence electrons. The number of rotatable bonds is 3. The van der Waals surface area contributed by atoms with Crippen molar-refractivity contribution in [2.75, 3.05) is 5.73 Å². The molecule has 2 aromatic carbocycles. The normalized spacial score (nSPS) is 10.1. The monoisotopic (exact) mass is 277 g/mol. The predicted molar refractivity (Wildman–Crippen MR) is 69.3 cm³/mol. The van der Waals surface area contributed by atoms with Crippen molar-refractivity contribution in [2.24, 2.45) is 0 Å². The second-order valence-electron chi connectivity index (χ2n) is 3.48. The zero-order valence-corrected chi connectivity index (χ0v) is 10.3. The molecule has 2 nitrogen and oxygen atoms in total. The van der Waals surface area contributed by atoms with E-state index >= 15 is 0 Å². The van der Waals surface area contributed by atoms with Gasteiger partial charge in [0.25, 0.3) is 0 Å². The van der Waals surface area contributed by atoms with Crippen LogP contribution in [0.25, 0.3) is 0 Å². The van der Waals surface area contributed by atoms with Gasteiger partial charge in [-0.25, -0.2) is 0 Å². The minimum Gasteiger partial charge on any atom is -0.489 e. The van der Waals surface area contributed by atoms with Gasteiger partial charge in [-0.1, -0.05) is 28.1 Å². The zero-order valence-electron chi connectivity index (χ0n) is 8.69. The number of nitrogens with two attached hydrogens (primary N) is 1. The van der Waals surface area contributed by atoms with Gasteiger partial charge >= 0.3 is 0 Å². The van der Waals surface area contributed by atoms with Crippen molar-refractivity contribution in [3.63, 3.8) is 0 Å². The van der Waals surface area contributed by atoms with E-state index < -0.39 is 0 Å². The summed E-state index contributed by atoms with van der Waals surface area (Å²) >= 11 is 3.39. The second kappa shape index (κ2) is 5.03. The van der Waals surface area contributed by atoms with Crippen LogP contribution in [0.2, 0.25) is 0 Å². The van der Waals surface area contributed by atoms with Crippen LogP contribution in [-0.4, -0.2) is 0 Å². The summed E-state index contributed by atoms with van der Waals surface area (Å²) in [6.07, 6.45) is 0. The van der Waals surface area contributed by atoms with Crippen LogP contribution in [-0.2, 0) is 6.61 Å². The molecule has 2 rings (SSSR count). The van der Waals surface area contributed by atoms with Crippen LogP contribution in [0.15, 0.2) is 53.0 Å². The Bertz CT molecular complexity index is 405. The van der Waals surface area contributed by atoms with Gasteiger partial charge in [0.1, 0.15) is 12.4 Å². The fraction of sp³-hybridized carbons (Fsp3) is 0.0769. The van der Waals surface area contributed by atoms with E-state index in [-0.39, 0.29) is 0 Å². The van der Waals surface area contributed by atoms with E-state index in [9.17, 15) is 0 Å². The molecular weight excluding hydrogens is 266 g/mol. The highest BCUT2D eigenvalue weighted by molar-refractivity contribution is 9.10. The highest BCUT2D eigenvalue weighted by atomic mass is 79.9. The molecule has 0 saturated heterocycles. The lowest BCUT2D eigenvalue weighted by molar-refractivity contribution is 0.306. The molecule has 3 heteroatoms. The summed E-state index contributed by atoms with van der Waals surface area (Å²) in [5, 5.41) is 0. The molecule has 2 aromatic rings. The molecule has 0 bridgehead atoms. The highest BCUT2D eigenvalue weighted by Gasteiger charge is 1.95. The predicted octanol–water partition coefficient (Wildman–Crippen LogP) is 3.61. The largest absolute Gasteiger partial charge is 0.489 e. The van der Waals surface area contributed by atoms with E-state index in [0.717, 1.165) is 21.5 Å². The van der Waals surface area contributed by atoms with Crippen LogP contribution in [0, 0.1) is 0 Å². The Labute approximate surface area is 103 Å². The lowest BCUT2D eigenvalue weighted by Gasteiger charge is -2.06. The Kier molecular flexibility index (Phi) is 3.47. The molecule has 0 aliphatic rings. The lowest BCUT2D eigenvalue weighted by atomic mass is 10.2. The van der Waals surface area contributed by atoms with Gasteiger partial charge in [0, 0.05) is 10.2 Å². The molecule has 16 heavy (non-hydrogen) atoms. The van der Waals surface area contributed by atoms with Gasteiger partial charge in [-0.05, 0) is 42.0 Å². The van der Waals surface area contributed by atoms with Gasteiger partial charge in [0.2, 0.25) is 0 Å². The molecule has 0 aliphatic carbocycles. The molecule has 0 spiro atoms. The fourth-order valence-electron chi connectivity index (χ4n) is 1.31. The summed E-state index contributed by atoms with van der Waals surface area (Å²) in [6, 6.07) is 15.5. The maximum Gasteiger partial charge on any atom is 0.119 e. The third kappa shape index (κ3) is 3.00. The fourth-order valence-corrected chi connectivity index (χ4v) is 1.58. The Morgan fingerprint density at radius 1 is 0.938 bits per heavy atom. The number of ether oxygens (including phenoxy) is 1. The summed E-state index contributed by atoms with van der Waals surface area (Å²) in [7, 11) is 0.